The number of hydrogen-bond donors (Lipinski definition) is 2. The van der Waals surface area contributed by atoms with Crippen molar-refractivity contribution in [1.29, 1.82) is 0 Å². The third-order valence-corrected chi connectivity index (χ3v) is 4.24. The van der Waals surface area contributed by atoms with Crippen LogP contribution in [0.2, 0.25) is 0 Å². The number of halogens is 1. The Hall–Kier alpha value is -0.480. The van der Waals surface area contributed by atoms with E-state index < -0.39 is 34.9 Å². The fourth-order valence-electron chi connectivity index (χ4n) is 1.23. The molecule has 1 aromatic carbocycles. The molecule has 0 aromatic heterocycles. The highest BCUT2D eigenvalue weighted by Gasteiger charge is 2.21. The van der Waals surface area contributed by atoms with Gasteiger partial charge in [0.25, 0.3) is 20.2 Å². The number of alkyl halides is 1. The van der Waals surface area contributed by atoms with Gasteiger partial charge in [-0.3, -0.25) is 9.11 Å². The van der Waals surface area contributed by atoms with Crippen LogP contribution in [0, 0.1) is 0 Å². The van der Waals surface area contributed by atoms with Gasteiger partial charge < -0.3 is 0 Å². The lowest BCUT2D eigenvalue weighted by Gasteiger charge is -2.10. The molecule has 6 nitrogen and oxygen atoms in total. The molecule has 0 spiro atoms. The molecule has 96 valence electrons. The Morgan fingerprint density at radius 2 is 1.65 bits per heavy atom. The van der Waals surface area contributed by atoms with Crippen molar-refractivity contribution in [3.05, 3.63) is 23.8 Å². The van der Waals surface area contributed by atoms with E-state index >= 15 is 0 Å². The molecule has 0 saturated carbocycles. The average molecular weight is 345 g/mol. The molecule has 1 aromatic rings. The van der Waals surface area contributed by atoms with Gasteiger partial charge in [0, 0.05) is 4.83 Å². The van der Waals surface area contributed by atoms with Gasteiger partial charge in [0.05, 0.1) is 9.79 Å². The smallest absolute Gasteiger partial charge is 0.282 e. The molecule has 1 atom stereocenters. The highest BCUT2D eigenvalue weighted by atomic mass is 79.9. The summed E-state index contributed by atoms with van der Waals surface area (Å²) in [7, 11) is -9.09. The first kappa shape index (κ1) is 14.6. The second kappa shape index (κ2) is 4.65. The second-order valence-electron chi connectivity index (χ2n) is 3.27. The summed E-state index contributed by atoms with van der Waals surface area (Å²) in [6.07, 6.45) is 0. The summed E-state index contributed by atoms with van der Waals surface area (Å²) in [4.78, 5) is -1.56. The Balaban J connectivity index is 3.63. The van der Waals surface area contributed by atoms with E-state index in [-0.39, 0.29) is 5.56 Å². The van der Waals surface area contributed by atoms with Gasteiger partial charge in [-0.05, 0) is 24.6 Å². The summed E-state index contributed by atoms with van der Waals surface area (Å²) in [5.41, 5.74) is 0.194. The first-order chi connectivity index (χ1) is 7.53. The Morgan fingerprint density at radius 3 is 2.00 bits per heavy atom. The Kier molecular flexibility index (Phi) is 3.99. The summed E-state index contributed by atoms with van der Waals surface area (Å²) < 4.78 is 61.7. The van der Waals surface area contributed by atoms with Crippen LogP contribution in [0.5, 0.6) is 0 Å². The first-order valence-corrected chi connectivity index (χ1v) is 8.06. The summed E-state index contributed by atoms with van der Waals surface area (Å²) in [6, 6.07) is 2.96. The van der Waals surface area contributed by atoms with Gasteiger partial charge in [0.2, 0.25) is 0 Å². The molecule has 0 saturated heterocycles. The highest BCUT2D eigenvalue weighted by molar-refractivity contribution is 9.09. The minimum atomic E-state index is -4.57. The lowest BCUT2D eigenvalue weighted by Crippen LogP contribution is -2.07. The maximum absolute atomic E-state index is 11.1. The van der Waals surface area contributed by atoms with Crippen LogP contribution in [0.1, 0.15) is 17.3 Å². The zero-order valence-corrected chi connectivity index (χ0v) is 11.8. The maximum Gasteiger partial charge on any atom is 0.294 e. The van der Waals surface area contributed by atoms with Crippen molar-refractivity contribution in [3.8, 4) is 0 Å². The molecule has 1 unspecified atom stereocenters. The van der Waals surface area contributed by atoms with Gasteiger partial charge in [-0.15, -0.1) is 0 Å². The molecule has 0 heterocycles. The van der Waals surface area contributed by atoms with E-state index in [0.29, 0.717) is 6.07 Å². The number of rotatable bonds is 3. The van der Waals surface area contributed by atoms with Gasteiger partial charge in [-0.1, -0.05) is 22.0 Å². The summed E-state index contributed by atoms with van der Waals surface area (Å²) in [5, 5.41) is 0. The van der Waals surface area contributed by atoms with E-state index in [9.17, 15) is 16.8 Å². The molecule has 0 aliphatic rings. The standard InChI is InChI=1S/C8H9BrO6S2/c1-5(9)7-3-2-6(16(10,11)12)4-8(7)17(13,14)15/h2-5H,1H3,(H,10,11,12)(H,13,14,15). The zero-order valence-electron chi connectivity index (χ0n) is 8.53. The van der Waals surface area contributed by atoms with E-state index in [1.807, 2.05) is 0 Å². The van der Waals surface area contributed by atoms with Gasteiger partial charge >= 0.3 is 0 Å². The Bertz CT molecular complexity index is 632. The normalized spacial score (nSPS) is 14.6. The van der Waals surface area contributed by atoms with Crippen LogP contribution in [0.25, 0.3) is 0 Å². The maximum atomic E-state index is 11.1. The molecule has 0 bridgehead atoms. The average Bonchev–Trinajstić information content (AvgIpc) is 2.14. The van der Waals surface area contributed by atoms with Crippen LogP contribution in [-0.4, -0.2) is 25.9 Å². The third-order valence-electron chi connectivity index (χ3n) is 1.99. The van der Waals surface area contributed by atoms with Crippen LogP contribution in [0.4, 0.5) is 0 Å². The fraction of sp³-hybridized carbons (Fsp3) is 0.250. The Morgan fingerprint density at radius 1 is 1.12 bits per heavy atom. The Labute approximate surface area is 107 Å². The van der Waals surface area contributed by atoms with E-state index in [1.165, 1.54) is 6.07 Å². The molecule has 17 heavy (non-hydrogen) atoms. The largest absolute Gasteiger partial charge is 0.294 e. The summed E-state index contributed by atoms with van der Waals surface area (Å²) >= 11 is 3.11. The lowest BCUT2D eigenvalue weighted by molar-refractivity contribution is 0.480. The molecule has 2 N–H and O–H groups in total. The molecular formula is C8H9BrO6S2. The van der Waals surface area contributed by atoms with Crippen LogP contribution < -0.4 is 0 Å². The quantitative estimate of drug-likeness (QED) is 0.637. The minimum absolute atomic E-state index is 0.194. The van der Waals surface area contributed by atoms with Crippen molar-refractivity contribution in [3.63, 3.8) is 0 Å². The molecule has 9 heteroatoms. The van der Waals surface area contributed by atoms with E-state index in [4.69, 9.17) is 9.11 Å². The van der Waals surface area contributed by atoms with E-state index in [2.05, 4.69) is 15.9 Å². The van der Waals surface area contributed by atoms with Crippen molar-refractivity contribution < 1.29 is 25.9 Å². The molecular weight excluding hydrogens is 336 g/mol. The predicted molar refractivity (Wildman–Crippen MR) is 63.4 cm³/mol. The molecule has 0 fully saturated rings. The van der Waals surface area contributed by atoms with E-state index in [1.54, 1.807) is 6.92 Å². The molecule has 1 rings (SSSR count). The topological polar surface area (TPSA) is 109 Å². The molecule has 0 radical (unpaired) electrons. The van der Waals surface area contributed by atoms with Gasteiger partial charge in [0.15, 0.2) is 0 Å². The minimum Gasteiger partial charge on any atom is -0.282 e. The SMILES string of the molecule is CC(Br)c1ccc(S(=O)(=O)O)cc1S(=O)(=O)O. The molecule has 0 amide bonds. The van der Waals surface area contributed by atoms with Crippen LogP contribution in [-0.2, 0) is 20.2 Å². The van der Waals surface area contributed by atoms with Crippen molar-refractivity contribution in [2.75, 3.05) is 0 Å². The monoisotopic (exact) mass is 344 g/mol. The summed E-state index contributed by atoms with van der Waals surface area (Å²) in [6.45, 7) is 1.61. The second-order valence-corrected chi connectivity index (χ2v) is 7.45. The van der Waals surface area contributed by atoms with Crippen molar-refractivity contribution >= 4 is 36.2 Å². The summed E-state index contributed by atoms with van der Waals surface area (Å²) in [5.74, 6) is 0. The van der Waals surface area contributed by atoms with E-state index in [0.717, 1.165) is 6.07 Å². The van der Waals surface area contributed by atoms with Crippen molar-refractivity contribution in [2.45, 2.75) is 21.5 Å². The van der Waals surface area contributed by atoms with Crippen molar-refractivity contribution in [2.24, 2.45) is 0 Å². The predicted octanol–water partition coefficient (Wildman–Crippen LogP) is 1.64. The van der Waals surface area contributed by atoms with Crippen molar-refractivity contribution in [1.82, 2.24) is 0 Å². The first-order valence-electron chi connectivity index (χ1n) is 4.26. The van der Waals surface area contributed by atoms with Crippen LogP contribution >= 0.6 is 15.9 Å². The van der Waals surface area contributed by atoms with Crippen LogP contribution in [0.3, 0.4) is 0 Å². The van der Waals surface area contributed by atoms with Gasteiger partial charge in [-0.2, -0.15) is 16.8 Å². The highest BCUT2D eigenvalue weighted by Crippen LogP contribution is 2.30. The van der Waals surface area contributed by atoms with Gasteiger partial charge in [-0.25, -0.2) is 0 Å². The van der Waals surface area contributed by atoms with Gasteiger partial charge in [0.1, 0.15) is 0 Å². The number of hydrogen-bond acceptors (Lipinski definition) is 4. The molecule has 0 aliphatic carbocycles. The fourth-order valence-corrected chi connectivity index (χ4v) is 3.18. The zero-order chi connectivity index (χ0) is 13.4. The molecule has 0 aliphatic heterocycles. The number of benzene rings is 1. The third kappa shape index (κ3) is 3.49. The lowest BCUT2D eigenvalue weighted by atomic mass is 10.2. The van der Waals surface area contributed by atoms with Crippen LogP contribution in [0.15, 0.2) is 28.0 Å².